The molecule has 0 fully saturated rings. The van der Waals surface area contributed by atoms with Crippen LogP contribution in [0.15, 0.2) is 4.99 Å². The molecule has 15 heteroatoms. The molecule has 0 unspecified atom stereocenters. The third-order valence-electron chi connectivity index (χ3n) is 1.12. The van der Waals surface area contributed by atoms with Crippen LogP contribution in [0.3, 0.4) is 0 Å². The highest BCUT2D eigenvalue weighted by molar-refractivity contribution is 7.88. The van der Waals surface area contributed by atoms with Crippen molar-refractivity contribution >= 4 is 26.1 Å². The lowest BCUT2D eigenvalue weighted by molar-refractivity contribution is -0.0512. The summed E-state index contributed by atoms with van der Waals surface area (Å²) in [5.74, 6) is -0.563. The van der Waals surface area contributed by atoms with Crippen molar-refractivity contribution in [3.05, 3.63) is 0 Å². The van der Waals surface area contributed by atoms with Gasteiger partial charge < -0.3 is 4.18 Å². The van der Waals surface area contributed by atoms with Gasteiger partial charge in [0.15, 0.2) is 0 Å². The number of halogens is 6. The van der Waals surface area contributed by atoms with Crippen molar-refractivity contribution in [2.75, 3.05) is 7.05 Å². The predicted molar refractivity (Wildman–Crippen MR) is 52.7 cm³/mol. The Morgan fingerprint density at radius 1 is 1.00 bits per heavy atom. The highest BCUT2D eigenvalue weighted by atomic mass is 32.2. The summed E-state index contributed by atoms with van der Waals surface area (Å²) >= 11 is 0. The van der Waals surface area contributed by atoms with E-state index in [1.54, 1.807) is 0 Å². The summed E-state index contributed by atoms with van der Waals surface area (Å²) < 4.78 is 116. The van der Waals surface area contributed by atoms with Crippen molar-refractivity contribution in [1.29, 1.82) is 0 Å². The van der Waals surface area contributed by atoms with Crippen LogP contribution >= 0.6 is 0 Å². The van der Waals surface area contributed by atoms with Gasteiger partial charge in [-0.1, -0.05) is 0 Å². The Kier molecular flexibility index (Phi) is 6.97. The Labute approximate surface area is 109 Å². The SMILES string of the molecule is CN=C(C)OS(=O)(=O)C(F)(F)F.O=S(=O)(O)C(F)(F)F. The fourth-order valence-corrected chi connectivity index (χ4v) is 0.730. The van der Waals surface area contributed by atoms with Crippen molar-refractivity contribution < 1.29 is 51.9 Å². The normalized spacial score (nSPS) is 14.3. The van der Waals surface area contributed by atoms with E-state index in [-0.39, 0.29) is 0 Å². The number of rotatable bonds is 1. The Morgan fingerprint density at radius 2 is 1.30 bits per heavy atom. The molecule has 7 nitrogen and oxygen atoms in total. The lowest BCUT2D eigenvalue weighted by Gasteiger charge is -2.07. The van der Waals surface area contributed by atoms with E-state index in [2.05, 4.69) is 9.18 Å². The minimum absolute atomic E-state index is 0.563. The molecule has 0 rings (SSSR count). The molecular weight excluding hydrogens is 348 g/mol. The van der Waals surface area contributed by atoms with Crippen LogP contribution in [-0.4, -0.2) is 45.4 Å². The second-order valence-corrected chi connectivity index (χ2v) is 5.60. The third kappa shape index (κ3) is 7.49. The monoisotopic (exact) mass is 355 g/mol. The fourth-order valence-electron chi connectivity index (χ4n) is 0.243. The van der Waals surface area contributed by atoms with Gasteiger partial charge >= 0.3 is 31.3 Å². The van der Waals surface area contributed by atoms with E-state index in [1.165, 1.54) is 0 Å². The maximum atomic E-state index is 11.6. The van der Waals surface area contributed by atoms with Crippen LogP contribution in [0.5, 0.6) is 0 Å². The van der Waals surface area contributed by atoms with Gasteiger partial charge in [0.1, 0.15) is 0 Å². The van der Waals surface area contributed by atoms with Crippen LogP contribution in [0.4, 0.5) is 26.3 Å². The smallest absolute Gasteiger partial charge is 0.361 e. The van der Waals surface area contributed by atoms with Gasteiger partial charge in [-0.25, -0.2) is 0 Å². The Morgan fingerprint density at radius 3 is 1.45 bits per heavy atom. The van der Waals surface area contributed by atoms with Crippen LogP contribution in [-0.2, 0) is 24.4 Å². The van der Waals surface area contributed by atoms with Crippen LogP contribution in [0.2, 0.25) is 0 Å². The lowest BCUT2D eigenvalue weighted by Crippen LogP contribution is -2.27. The quantitative estimate of drug-likeness (QED) is 0.190. The molecule has 0 radical (unpaired) electrons. The van der Waals surface area contributed by atoms with Gasteiger partial charge in [0, 0.05) is 14.0 Å². The Hall–Kier alpha value is -1.09. The van der Waals surface area contributed by atoms with E-state index in [9.17, 15) is 34.8 Å². The molecule has 0 spiro atoms. The zero-order chi connectivity index (χ0) is 17.0. The first-order valence-electron chi connectivity index (χ1n) is 3.93. The summed E-state index contributed by atoms with van der Waals surface area (Å²) in [6, 6.07) is 0. The minimum atomic E-state index is -5.84. The molecule has 0 saturated heterocycles. The van der Waals surface area contributed by atoms with Gasteiger partial charge in [-0.05, 0) is 0 Å². The average molecular weight is 355 g/mol. The summed E-state index contributed by atoms with van der Waals surface area (Å²) in [5.41, 5.74) is -10.9. The Bertz CT molecular complexity index is 543. The highest BCUT2D eigenvalue weighted by Gasteiger charge is 2.48. The predicted octanol–water partition coefficient (Wildman–Crippen LogP) is 1.29. The van der Waals surface area contributed by atoms with Crippen molar-refractivity contribution in [3.8, 4) is 0 Å². The number of hydrogen-bond donors (Lipinski definition) is 1. The van der Waals surface area contributed by atoms with E-state index in [0.717, 1.165) is 14.0 Å². The second-order valence-electron chi connectivity index (χ2n) is 2.65. The molecule has 0 aliphatic carbocycles. The molecule has 0 aliphatic heterocycles. The summed E-state index contributed by atoms with van der Waals surface area (Å²) in [5, 5.41) is 0. The molecule has 0 atom stereocenters. The first kappa shape index (κ1) is 21.2. The maximum Gasteiger partial charge on any atom is 0.534 e. The van der Waals surface area contributed by atoms with Gasteiger partial charge in [0.05, 0.1) is 0 Å². The van der Waals surface area contributed by atoms with E-state index in [1.807, 2.05) is 0 Å². The lowest BCUT2D eigenvalue weighted by atomic mass is 10.8. The molecule has 0 aromatic rings. The summed E-state index contributed by atoms with van der Waals surface area (Å²) in [6.07, 6.45) is 0. The minimum Gasteiger partial charge on any atom is -0.361 e. The first-order valence-corrected chi connectivity index (χ1v) is 6.78. The molecule has 0 aromatic heterocycles. The zero-order valence-electron chi connectivity index (χ0n) is 9.52. The highest BCUT2D eigenvalue weighted by Crippen LogP contribution is 2.24. The van der Waals surface area contributed by atoms with E-state index >= 15 is 0 Å². The van der Waals surface area contributed by atoms with Crippen LogP contribution in [0.1, 0.15) is 6.92 Å². The molecule has 0 aromatic carbocycles. The van der Waals surface area contributed by atoms with Crippen molar-refractivity contribution in [3.63, 3.8) is 0 Å². The van der Waals surface area contributed by atoms with Crippen LogP contribution < -0.4 is 0 Å². The second kappa shape index (κ2) is 6.57. The van der Waals surface area contributed by atoms with Crippen molar-refractivity contribution in [2.24, 2.45) is 4.99 Å². The fraction of sp³-hybridized carbons (Fsp3) is 0.800. The third-order valence-corrected chi connectivity index (χ3v) is 2.73. The van der Waals surface area contributed by atoms with E-state index < -0.39 is 37.2 Å². The molecular formula is C5H7F6NO6S2. The standard InChI is InChI=1S/C4H6F3NO3S.CHF3O3S/c1-3(8-2)11-12(9,10)4(5,6)7;2-1(3,4)8(5,6)7/h1-2H3;(H,5,6,7). The maximum absolute atomic E-state index is 11.6. The van der Waals surface area contributed by atoms with E-state index in [0.29, 0.717) is 0 Å². The molecule has 0 saturated carbocycles. The largest absolute Gasteiger partial charge is 0.534 e. The zero-order valence-corrected chi connectivity index (χ0v) is 11.2. The molecule has 1 N–H and O–H groups in total. The van der Waals surface area contributed by atoms with Crippen molar-refractivity contribution in [2.45, 2.75) is 17.9 Å². The number of alkyl halides is 6. The number of nitrogens with zero attached hydrogens (tertiary/aromatic N) is 1. The van der Waals surface area contributed by atoms with Crippen LogP contribution in [0, 0.1) is 0 Å². The molecule has 0 bridgehead atoms. The Balaban J connectivity index is 0. The topological polar surface area (TPSA) is 110 Å². The average Bonchev–Trinajstić information content (AvgIpc) is 2.12. The summed E-state index contributed by atoms with van der Waals surface area (Å²) in [6.45, 7) is 1.00. The first-order chi connectivity index (χ1) is 8.45. The summed E-state index contributed by atoms with van der Waals surface area (Å²) in [4.78, 5) is 3.10. The van der Waals surface area contributed by atoms with Gasteiger partial charge in [0.2, 0.25) is 5.90 Å². The van der Waals surface area contributed by atoms with Gasteiger partial charge in [0.25, 0.3) is 0 Å². The van der Waals surface area contributed by atoms with E-state index in [4.69, 9.17) is 13.0 Å². The molecule has 0 heterocycles. The number of aliphatic imine (C=N–C) groups is 1. The molecule has 0 aliphatic rings. The molecule has 0 amide bonds. The van der Waals surface area contributed by atoms with Crippen LogP contribution in [0.25, 0.3) is 0 Å². The summed E-state index contributed by atoms with van der Waals surface area (Å²) in [7, 11) is -10.3. The molecule has 20 heavy (non-hydrogen) atoms. The van der Waals surface area contributed by atoms with Crippen molar-refractivity contribution in [1.82, 2.24) is 0 Å². The van der Waals surface area contributed by atoms with Gasteiger partial charge in [-0.15, -0.1) is 0 Å². The molecule has 122 valence electrons. The number of hydrogen-bond acceptors (Lipinski definition) is 6. The van der Waals surface area contributed by atoms with Gasteiger partial charge in [-0.2, -0.15) is 43.2 Å². The van der Waals surface area contributed by atoms with Gasteiger partial charge in [-0.3, -0.25) is 9.55 Å².